The van der Waals surface area contributed by atoms with E-state index < -0.39 is 5.97 Å². The number of aliphatic carboxylic acids is 1. The van der Waals surface area contributed by atoms with Gasteiger partial charge >= 0.3 is 12.0 Å². The summed E-state index contributed by atoms with van der Waals surface area (Å²) in [5, 5.41) is 15.7. The third-order valence-electron chi connectivity index (χ3n) is 4.11. The number of aromatic nitrogens is 2. The number of aryl methyl sites for hydroxylation is 1. The predicted molar refractivity (Wildman–Crippen MR) is 76.7 cm³/mol. The van der Waals surface area contributed by atoms with Crippen molar-refractivity contribution in [2.24, 2.45) is 13.0 Å². The molecule has 1 fully saturated rings. The van der Waals surface area contributed by atoms with Crippen LogP contribution in [0.2, 0.25) is 0 Å². The van der Waals surface area contributed by atoms with E-state index in [1.165, 1.54) is 0 Å². The Morgan fingerprint density at radius 2 is 2.29 bits per heavy atom. The van der Waals surface area contributed by atoms with Crippen molar-refractivity contribution in [1.82, 2.24) is 20.0 Å². The van der Waals surface area contributed by atoms with Crippen LogP contribution in [0.3, 0.4) is 0 Å². The standard InChI is InChI=1S/C14H22N4O3/c1-10-12(8-16-17(10)2)7-15-14(21)18-6-5-11(9-18)3-4-13(19)20/h8,11H,3-7,9H2,1-2H3,(H,15,21)(H,19,20). The molecule has 1 aromatic heterocycles. The molecule has 0 bridgehead atoms. The van der Waals surface area contributed by atoms with Crippen molar-refractivity contribution in [3.05, 3.63) is 17.5 Å². The fraction of sp³-hybridized carbons (Fsp3) is 0.643. The summed E-state index contributed by atoms with van der Waals surface area (Å²) >= 11 is 0. The van der Waals surface area contributed by atoms with E-state index in [0.29, 0.717) is 32.0 Å². The van der Waals surface area contributed by atoms with E-state index in [-0.39, 0.29) is 12.5 Å². The van der Waals surface area contributed by atoms with E-state index in [0.717, 1.165) is 17.7 Å². The zero-order valence-electron chi connectivity index (χ0n) is 12.5. The van der Waals surface area contributed by atoms with Gasteiger partial charge in [-0.3, -0.25) is 9.48 Å². The van der Waals surface area contributed by atoms with Crippen molar-refractivity contribution >= 4 is 12.0 Å². The number of hydrogen-bond donors (Lipinski definition) is 2. The van der Waals surface area contributed by atoms with Crippen LogP contribution in [-0.2, 0) is 18.4 Å². The quantitative estimate of drug-likeness (QED) is 0.852. The predicted octanol–water partition coefficient (Wildman–Crippen LogP) is 1.12. The number of nitrogens with one attached hydrogen (secondary N) is 1. The molecule has 7 heteroatoms. The second kappa shape index (κ2) is 6.60. The molecule has 0 aliphatic carbocycles. The van der Waals surface area contributed by atoms with Gasteiger partial charge < -0.3 is 15.3 Å². The van der Waals surface area contributed by atoms with Crippen LogP contribution in [-0.4, -0.2) is 44.9 Å². The van der Waals surface area contributed by atoms with Gasteiger partial charge in [-0.15, -0.1) is 0 Å². The molecule has 2 rings (SSSR count). The molecule has 2 amide bonds. The molecule has 0 saturated carbocycles. The Labute approximate surface area is 123 Å². The van der Waals surface area contributed by atoms with Gasteiger partial charge in [0, 0.05) is 44.4 Å². The van der Waals surface area contributed by atoms with Crippen LogP contribution < -0.4 is 5.32 Å². The van der Waals surface area contributed by atoms with Crippen LogP contribution in [0.25, 0.3) is 0 Å². The first kappa shape index (κ1) is 15.3. The maximum Gasteiger partial charge on any atom is 0.317 e. The summed E-state index contributed by atoms with van der Waals surface area (Å²) in [5.41, 5.74) is 2.04. The van der Waals surface area contributed by atoms with Crippen LogP contribution >= 0.6 is 0 Å². The van der Waals surface area contributed by atoms with Gasteiger partial charge in [-0.2, -0.15) is 5.10 Å². The second-order valence-corrected chi connectivity index (χ2v) is 5.57. The number of rotatable bonds is 5. The Hall–Kier alpha value is -2.05. The topological polar surface area (TPSA) is 87.5 Å². The molecule has 7 nitrogen and oxygen atoms in total. The lowest BCUT2D eigenvalue weighted by molar-refractivity contribution is -0.137. The summed E-state index contributed by atoms with van der Waals surface area (Å²) in [7, 11) is 1.87. The molecule has 116 valence electrons. The third-order valence-corrected chi connectivity index (χ3v) is 4.11. The number of carboxylic acids is 1. The number of carboxylic acid groups (broad SMARTS) is 1. The largest absolute Gasteiger partial charge is 0.481 e. The number of carbonyl (C=O) groups excluding carboxylic acids is 1. The second-order valence-electron chi connectivity index (χ2n) is 5.57. The van der Waals surface area contributed by atoms with E-state index in [2.05, 4.69) is 10.4 Å². The molecule has 1 aliphatic rings. The normalized spacial score (nSPS) is 18.0. The molecular weight excluding hydrogens is 272 g/mol. The molecular formula is C14H22N4O3. The summed E-state index contributed by atoms with van der Waals surface area (Å²) in [6.07, 6.45) is 3.46. The molecule has 1 atom stereocenters. The lowest BCUT2D eigenvalue weighted by atomic mass is 10.0. The fourth-order valence-corrected chi connectivity index (χ4v) is 2.58. The van der Waals surface area contributed by atoms with Crippen molar-refractivity contribution in [3.8, 4) is 0 Å². The van der Waals surface area contributed by atoms with Gasteiger partial charge in [0.05, 0.1) is 6.20 Å². The van der Waals surface area contributed by atoms with Crippen molar-refractivity contribution in [3.63, 3.8) is 0 Å². The number of nitrogens with zero attached hydrogens (tertiary/aromatic N) is 3. The molecule has 2 heterocycles. The first-order chi connectivity index (χ1) is 9.97. The van der Waals surface area contributed by atoms with Crippen LogP contribution in [0, 0.1) is 12.8 Å². The average molecular weight is 294 g/mol. The minimum atomic E-state index is -0.773. The maximum atomic E-state index is 12.1. The van der Waals surface area contributed by atoms with Crippen molar-refractivity contribution in [2.45, 2.75) is 32.7 Å². The van der Waals surface area contributed by atoms with Gasteiger partial charge in [0.15, 0.2) is 0 Å². The highest BCUT2D eigenvalue weighted by atomic mass is 16.4. The van der Waals surface area contributed by atoms with E-state index in [9.17, 15) is 9.59 Å². The lowest BCUT2D eigenvalue weighted by Crippen LogP contribution is -2.38. The third kappa shape index (κ3) is 3.96. The molecule has 1 saturated heterocycles. The lowest BCUT2D eigenvalue weighted by Gasteiger charge is -2.17. The molecule has 1 aliphatic heterocycles. The number of hydrogen-bond acceptors (Lipinski definition) is 3. The Balaban J connectivity index is 1.77. The average Bonchev–Trinajstić information content (AvgIpc) is 3.03. The molecule has 0 radical (unpaired) electrons. The molecule has 0 aromatic carbocycles. The van der Waals surface area contributed by atoms with Crippen LogP contribution in [0.4, 0.5) is 4.79 Å². The number of urea groups is 1. The van der Waals surface area contributed by atoms with Crippen LogP contribution in [0.5, 0.6) is 0 Å². The van der Waals surface area contributed by atoms with Crippen LogP contribution in [0.1, 0.15) is 30.5 Å². The summed E-state index contributed by atoms with van der Waals surface area (Å²) in [6.45, 7) is 3.77. The van der Waals surface area contributed by atoms with Gasteiger partial charge in [-0.25, -0.2) is 4.79 Å². The fourth-order valence-electron chi connectivity index (χ4n) is 2.58. The minimum Gasteiger partial charge on any atom is -0.481 e. The van der Waals surface area contributed by atoms with Gasteiger partial charge in [-0.1, -0.05) is 0 Å². The number of carbonyl (C=O) groups is 2. The first-order valence-corrected chi connectivity index (χ1v) is 7.19. The summed E-state index contributed by atoms with van der Waals surface area (Å²) in [5.74, 6) is -0.475. The highest BCUT2D eigenvalue weighted by Gasteiger charge is 2.26. The summed E-state index contributed by atoms with van der Waals surface area (Å²) in [6, 6.07) is -0.0870. The highest BCUT2D eigenvalue weighted by Crippen LogP contribution is 2.21. The monoisotopic (exact) mass is 294 g/mol. The van der Waals surface area contributed by atoms with Crippen LogP contribution in [0.15, 0.2) is 6.20 Å². The molecule has 2 N–H and O–H groups in total. The summed E-state index contributed by atoms with van der Waals surface area (Å²) in [4.78, 5) is 24.4. The number of likely N-dealkylation sites (tertiary alicyclic amines) is 1. The van der Waals surface area contributed by atoms with Crippen molar-refractivity contribution in [2.75, 3.05) is 13.1 Å². The Morgan fingerprint density at radius 3 is 2.90 bits per heavy atom. The summed E-state index contributed by atoms with van der Waals surface area (Å²) < 4.78 is 1.78. The van der Waals surface area contributed by atoms with E-state index in [4.69, 9.17) is 5.11 Å². The van der Waals surface area contributed by atoms with E-state index in [1.54, 1.807) is 15.8 Å². The van der Waals surface area contributed by atoms with E-state index >= 15 is 0 Å². The molecule has 0 spiro atoms. The van der Waals surface area contributed by atoms with E-state index in [1.807, 2.05) is 14.0 Å². The van der Waals surface area contributed by atoms with Gasteiger partial charge in [0.2, 0.25) is 0 Å². The molecule has 21 heavy (non-hydrogen) atoms. The zero-order chi connectivity index (χ0) is 15.4. The van der Waals surface area contributed by atoms with Gasteiger partial charge in [-0.05, 0) is 25.7 Å². The Morgan fingerprint density at radius 1 is 1.52 bits per heavy atom. The Kier molecular flexibility index (Phi) is 4.82. The van der Waals surface area contributed by atoms with Gasteiger partial charge in [0.1, 0.15) is 0 Å². The molecule has 1 unspecified atom stereocenters. The smallest absolute Gasteiger partial charge is 0.317 e. The zero-order valence-corrected chi connectivity index (χ0v) is 12.5. The number of amides is 2. The van der Waals surface area contributed by atoms with Crippen molar-refractivity contribution in [1.29, 1.82) is 0 Å². The maximum absolute atomic E-state index is 12.1. The van der Waals surface area contributed by atoms with Gasteiger partial charge in [0.25, 0.3) is 0 Å². The minimum absolute atomic E-state index is 0.0870. The SMILES string of the molecule is Cc1c(CNC(=O)N2CCC(CCC(=O)O)C2)cnn1C. The first-order valence-electron chi connectivity index (χ1n) is 7.19. The van der Waals surface area contributed by atoms with Crippen molar-refractivity contribution < 1.29 is 14.7 Å². The highest BCUT2D eigenvalue weighted by molar-refractivity contribution is 5.74. The Bertz CT molecular complexity index is 526. The molecule has 1 aromatic rings.